The van der Waals surface area contributed by atoms with Gasteiger partial charge in [-0.2, -0.15) is 0 Å². The first kappa shape index (κ1) is 19.6. The zero-order valence-corrected chi connectivity index (χ0v) is 15.7. The van der Waals surface area contributed by atoms with Crippen LogP contribution in [0.4, 0.5) is 0 Å². The number of hydrogen-bond donors (Lipinski definition) is 2. The van der Waals surface area contributed by atoms with E-state index in [9.17, 15) is 0 Å². The lowest BCUT2D eigenvalue weighted by atomic mass is 10.3. The molecule has 2 N–H and O–H groups in total. The van der Waals surface area contributed by atoms with Gasteiger partial charge in [0, 0.05) is 38.0 Å². The Hall–Kier alpha value is -0.410. The average molecular weight is 412 g/mol. The minimum Gasteiger partial charge on any atom is -0.383 e. The van der Waals surface area contributed by atoms with E-state index in [1.54, 1.807) is 18.4 Å². The van der Waals surface area contributed by atoms with E-state index in [-0.39, 0.29) is 30.0 Å². The molecule has 1 atom stereocenters. The molecule has 0 fully saturated rings. The van der Waals surface area contributed by atoms with E-state index in [0.29, 0.717) is 6.61 Å². The quantitative estimate of drug-likeness (QED) is 0.410. The highest BCUT2D eigenvalue weighted by Gasteiger charge is 2.04. The summed E-state index contributed by atoms with van der Waals surface area (Å²) < 4.78 is 5.11. The molecule has 0 aliphatic carbocycles. The predicted octanol–water partition coefficient (Wildman–Crippen LogP) is 2.20. The average Bonchev–Trinajstić information content (AvgIpc) is 2.75. The van der Waals surface area contributed by atoms with Gasteiger partial charge in [0.15, 0.2) is 5.96 Å². The number of aliphatic imine (C=N–C) groups is 1. The highest BCUT2D eigenvalue weighted by molar-refractivity contribution is 14.0. The smallest absolute Gasteiger partial charge is 0.191 e. The number of ether oxygens (including phenoxy) is 1. The van der Waals surface area contributed by atoms with E-state index in [4.69, 9.17) is 4.74 Å². The summed E-state index contributed by atoms with van der Waals surface area (Å²) in [7, 11) is 1.70. The van der Waals surface area contributed by atoms with Crippen LogP contribution >= 0.6 is 35.3 Å². The first-order valence-electron chi connectivity index (χ1n) is 6.60. The molecular formula is C13H25IN4OS. The van der Waals surface area contributed by atoms with Crippen LogP contribution in [0.1, 0.15) is 24.5 Å². The molecule has 7 heteroatoms. The van der Waals surface area contributed by atoms with Gasteiger partial charge in [0.1, 0.15) is 0 Å². The standard InChI is InChI=1S/C13H24N4OS.HI/c1-5-14-13(16-10(2)8-18-4)15-7-6-12-9-19-11(3)17-12;/h9-10H,5-8H2,1-4H3,(H2,14,15,16);1H. The maximum absolute atomic E-state index is 5.11. The van der Waals surface area contributed by atoms with E-state index < -0.39 is 0 Å². The Bertz CT molecular complexity index is 397. The van der Waals surface area contributed by atoms with E-state index in [1.807, 2.05) is 6.92 Å². The number of methoxy groups -OCH3 is 1. The second kappa shape index (κ2) is 11.3. The van der Waals surface area contributed by atoms with Crippen molar-refractivity contribution in [1.29, 1.82) is 0 Å². The first-order valence-corrected chi connectivity index (χ1v) is 7.48. The number of guanidine groups is 1. The molecule has 1 aromatic heterocycles. The number of nitrogens with one attached hydrogen (secondary N) is 2. The Kier molecular flexibility index (Phi) is 11.0. The van der Waals surface area contributed by atoms with Gasteiger partial charge in [0.05, 0.1) is 17.3 Å². The minimum atomic E-state index is 0. The SMILES string of the molecule is CCNC(=NCCc1csc(C)n1)NC(C)COC.I. The molecule has 0 saturated carbocycles. The van der Waals surface area contributed by atoms with Gasteiger partial charge in [-0.1, -0.05) is 0 Å². The number of rotatable bonds is 7. The van der Waals surface area contributed by atoms with Gasteiger partial charge in [-0.15, -0.1) is 35.3 Å². The molecule has 1 rings (SSSR count). The fraction of sp³-hybridized carbons (Fsp3) is 0.692. The van der Waals surface area contributed by atoms with E-state index in [0.717, 1.165) is 36.2 Å². The Morgan fingerprint density at radius 1 is 1.55 bits per heavy atom. The summed E-state index contributed by atoms with van der Waals surface area (Å²) in [6.07, 6.45) is 0.875. The fourth-order valence-electron chi connectivity index (χ4n) is 1.65. The first-order chi connectivity index (χ1) is 9.15. The van der Waals surface area contributed by atoms with Crippen LogP contribution in [0.15, 0.2) is 10.4 Å². The molecule has 20 heavy (non-hydrogen) atoms. The van der Waals surface area contributed by atoms with E-state index in [1.165, 1.54) is 0 Å². The zero-order chi connectivity index (χ0) is 14.1. The molecule has 0 radical (unpaired) electrons. The summed E-state index contributed by atoms with van der Waals surface area (Å²) >= 11 is 1.68. The molecular weight excluding hydrogens is 387 g/mol. The maximum Gasteiger partial charge on any atom is 0.191 e. The third-order valence-electron chi connectivity index (χ3n) is 2.45. The second-order valence-electron chi connectivity index (χ2n) is 4.37. The maximum atomic E-state index is 5.11. The lowest BCUT2D eigenvalue weighted by Crippen LogP contribution is -2.44. The van der Waals surface area contributed by atoms with Gasteiger partial charge in [-0.05, 0) is 20.8 Å². The Labute approximate surface area is 142 Å². The highest BCUT2D eigenvalue weighted by atomic mass is 127. The van der Waals surface area contributed by atoms with Crippen LogP contribution in [0.25, 0.3) is 0 Å². The lowest BCUT2D eigenvalue weighted by molar-refractivity contribution is 0.179. The molecule has 0 amide bonds. The molecule has 5 nitrogen and oxygen atoms in total. The number of aromatic nitrogens is 1. The monoisotopic (exact) mass is 412 g/mol. The molecule has 0 aromatic carbocycles. The molecule has 0 saturated heterocycles. The topological polar surface area (TPSA) is 58.5 Å². The molecule has 0 bridgehead atoms. The number of halogens is 1. The van der Waals surface area contributed by atoms with Crippen molar-refractivity contribution in [3.63, 3.8) is 0 Å². The van der Waals surface area contributed by atoms with Crippen LogP contribution in [0.5, 0.6) is 0 Å². The van der Waals surface area contributed by atoms with Crippen molar-refractivity contribution in [1.82, 2.24) is 15.6 Å². The summed E-state index contributed by atoms with van der Waals surface area (Å²) in [5.74, 6) is 0.832. The third kappa shape index (κ3) is 8.01. The largest absolute Gasteiger partial charge is 0.383 e. The summed E-state index contributed by atoms with van der Waals surface area (Å²) in [5.41, 5.74) is 1.12. The van der Waals surface area contributed by atoms with Crippen LogP contribution < -0.4 is 10.6 Å². The summed E-state index contributed by atoms with van der Waals surface area (Å²) in [6, 6.07) is 0.240. The number of nitrogens with zero attached hydrogens (tertiary/aromatic N) is 2. The van der Waals surface area contributed by atoms with Crippen molar-refractivity contribution in [2.45, 2.75) is 33.2 Å². The minimum absolute atomic E-state index is 0. The number of aryl methyl sites for hydroxylation is 1. The predicted molar refractivity (Wildman–Crippen MR) is 96.4 cm³/mol. The third-order valence-corrected chi connectivity index (χ3v) is 3.27. The van der Waals surface area contributed by atoms with Gasteiger partial charge in [-0.25, -0.2) is 4.98 Å². The zero-order valence-electron chi connectivity index (χ0n) is 12.6. The van der Waals surface area contributed by atoms with E-state index in [2.05, 4.69) is 39.8 Å². The summed E-state index contributed by atoms with van der Waals surface area (Å²) in [4.78, 5) is 8.98. The normalized spacial score (nSPS) is 12.7. The van der Waals surface area contributed by atoms with Gasteiger partial charge in [0.2, 0.25) is 0 Å². The summed E-state index contributed by atoms with van der Waals surface area (Å²) in [5, 5.41) is 9.74. The molecule has 1 heterocycles. The van der Waals surface area contributed by atoms with Crippen molar-refractivity contribution < 1.29 is 4.74 Å². The van der Waals surface area contributed by atoms with Crippen molar-refractivity contribution in [2.75, 3.05) is 26.8 Å². The molecule has 0 spiro atoms. The Morgan fingerprint density at radius 2 is 2.30 bits per heavy atom. The highest BCUT2D eigenvalue weighted by Crippen LogP contribution is 2.08. The Balaban J connectivity index is 0.00000361. The molecule has 1 unspecified atom stereocenters. The molecule has 0 aliphatic rings. The van der Waals surface area contributed by atoms with Crippen molar-refractivity contribution in [3.8, 4) is 0 Å². The van der Waals surface area contributed by atoms with E-state index >= 15 is 0 Å². The van der Waals surface area contributed by atoms with Crippen LogP contribution in [-0.4, -0.2) is 43.8 Å². The van der Waals surface area contributed by atoms with Gasteiger partial charge in [-0.3, -0.25) is 4.99 Å². The van der Waals surface area contributed by atoms with Crippen LogP contribution in [-0.2, 0) is 11.2 Å². The van der Waals surface area contributed by atoms with Crippen molar-refractivity contribution >= 4 is 41.3 Å². The van der Waals surface area contributed by atoms with Crippen molar-refractivity contribution in [2.24, 2.45) is 4.99 Å². The van der Waals surface area contributed by atoms with Crippen LogP contribution in [0.3, 0.4) is 0 Å². The second-order valence-corrected chi connectivity index (χ2v) is 5.43. The van der Waals surface area contributed by atoms with Crippen molar-refractivity contribution in [3.05, 3.63) is 16.1 Å². The number of thiazole rings is 1. The molecule has 1 aromatic rings. The van der Waals surface area contributed by atoms with Gasteiger partial charge >= 0.3 is 0 Å². The van der Waals surface area contributed by atoms with Crippen LogP contribution in [0, 0.1) is 6.92 Å². The molecule has 0 aliphatic heterocycles. The molecule has 116 valence electrons. The van der Waals surface area contributed by atoms with Gasteiger partial charge < -0.3 is 15.4 Å². The fourth-order valence-corrected chi connectivity index (χ4v) is 2.30. The summed E-state index contributed by atoms with van der Waals surface area (Å²) in [6.45, 7) is 8.40. The van der Waals surface area contributed by atoms with Crippen LogP contribution in [0.2, 0.25) is 0 Å². The lowest BCUT2D eigenvalue weighted by Gasteiger charge is -2.16. The number of hydrogen-bond acceptors (Lipinski definition) is 4. The Morgan fingerprint density at radius 3 is 2.85 bits per heavy atom. The van der Waals surface area contributed by atoms with Gasteiger partial charge in [0.25, 0.3) is 0 Å².